The second-order valence-electron chi connectivity index (χ2n) is 8.07. The number of sulfone groups is 1. The number of amides is 1. The fraction of sp³-hybridized carbons (Fsp3) is 0.650. The van der Waals surface area contributed by atoms with E-state index in [4.69, 9.17) is 4.74 Å². The van der Waals surface area contributed by atoms with Crippen molar-refractivity contribution in [1.29, 1.82) is 0 Å². The Balaban J connectivity index is 1.69. The molecule has 6 nitrogen and oxygen atoms in total. The summed E-state index contributed by atoms with van der Waals surface area (Å²) in [5, 5.41) is 0. The van der Waals surface area contributed by atoms with Gasteiger partial charge in [-0.3, -0.25) is 9.69 Å². The van der Waals surface area contributed by atoms with Crippen molar-refractivity contribution in [2.45, 2.75) is 44.1 Å². The van der Waals surface area contributed by atoms with Gasteiger partial charge in [0.15, 0.2) is 9.84 Å². The van der Waals surface area contributed by atoms with Crippen LogP contribution in [0.2, 0.25) is 0 Å². The lowest BCUT2D eigenvalue weighted by Crippen LogP contribution is -2.48. The fourth-order valence-electron chi connectivity index (χ4n) is 4.09. The summed E-state index contributed by atoms with van der Waals surface area (Å²) in [7, 11) is -1.60. The summed E-state index contributed by atoms with van der Waals surface area (Å²) in [6, 6.07) is 4.88. The highest BCUT2D eigenvalue weighted by Crippen LogP contribution is 2.32. The molecule has 2 atom stereocenters. The summed E-state index contributed by atoms with van der Waals surface area (Å²) in [6.07, 6.45) is -2.53. The Morgan fingerprint density at radius 1 is 1.23 bits per heavy atom. The lowest BCUT2D eigenvalue weighted by molar-refractivity contribution is -0.138. The largest absolute Gasteiger partial charge is 0.416 e. The molecule has 1 aromatic rings. The standard InChI is InChI=1S/C20H27F3N2O4S/c1-24(11-15-5-2-3-7-18(15)20(21,22)23)13-19(26)25(12-17-6-4-9-29-17)16-8-10-30(27,28)14-16/h2-3,5,7,16-17H,4,6,8-14H2,1H3. The van der Waals surface area contributed by atoms with E-state index in [0.717, 1.165) is 18.9 Å². The number of hydrogen-bond donors (Lipinski definition) is 0. The van der Waals surface area contributed by atoms with Crippen LogP contribution in [0, 0.1) is 0 Å². The van der Waals surface area contributed by atoms with E-state index < -0.39 is 27.6 Å². The number of rotatable bonds is 7. The van der Waals surface area contributed by atoms with Crippen LogP contribution < -0.4 is 0 Å². The molecule has 2 aliphatic rings. The van der Waals surface area contributed by atoms with Crippen molar-refractivity contribution in [1.82, 2.24) is 9.80 Å². The van der Waals surface area contributed by atoms with Crippen LogP contribution in [-0.4, -0.2) is 74.5 Å². The number of hydrogen-bond acceptors (Lipinski definition) is 5. The van der Waals surface area contributed by atoms with E-state index in [1.54, 1.807) is 11.9 Å². The van der Waals surface area contributed by atoms with Crippen LogP contribution in [0.15, 0.2) is 24.3 Å². The number of ether oxygens (including phenoxy) is 1. The molecule has 168 valence electrons. The second-order valence-corrected chi connectivity index (χ2v) is 10.3. The molecule has 0 N–H and O–H groups in total. The van der Waals surface area contributed by atoms with E-state index in [-0.39, 0.29) is 42.2 Å². The van der Waals surface area contributed by atoms with Gasteiger partial charge < -0.3 is 9.64 Å². The van der Waals surface area contributed by atoms with Crippen molar-refractivity contribution in [3.05, 3.63) is 35.4 Å². The highest BCUT2D eigenvalue weighted by molar-refractivity contribution is 7.91. The van der Waals surface area contributed by atoms with Gasteiger partial charge in [0.25, 0.3) is 0 Å². The average Bonchev–Trinajstić information content (AvgIpc) is 3.28. The maximum absolute atomic E-state index is 13.2. The highest BCUT2D eigenvalue weighted by atomic mass is 32.2. The van der Waals surface area contributed by atoms with Crippen molar-refractivity contribution < 1.29 is 31.1 Å². The molecule has 2 aliphatic heterocycles. The van der Waals surface area contributed by atoms with Crippen molar-refractivity contribution in [2.75, 3.05) is 38.2 Å². The van der Waals surface area contributed by atoms with Gasteiger partial charge in [0.1, 0.15) is 0 Å². The first-order valence-electron chi connectivity index (χ1n) is 10.0. The maximum atomic E-state index is 13.2. The molecular formula is C20H27F3N2O4S. The number of carbonyl (C=O) groups excluding carboxylic acids is 1. The molecule has 1 aromatic carbocycles. The van der Waals surface area contributed by atoms with Crippen molar-refractivity contribution >= 4 is 15.7 Å². The Labute approximate surface area is 174 Å². The van der Waals surface area contributed by atoms with Crippen molar-refractivity contribution in [3.63, 3.8) is 0 Å². The van der Waals surface area contributed by atoms with Crippen LogP contribution in [0.3, 0.4) is 0 Å². The first-order valence-corrected chi connectivity index (χ1v) is 11.8. The van der Waals surface area contributed by atoms with Crippen LogP contribution >= 0.6 is 0 Å². The Bertz CT molecular complexity index is 854. The summed E-state index contributed by atoms with van der Waals surface area (Å²) in [5.41, 5.74) is -0.628. The molecule has 0 saturated carbocycles. The van der Waals surface area contributed by atoms with Crippen molar-refractivity contribution in [2.24, 2.45) is 0 Å². The number of alkyl halides is 3. The molecule has 0 radical (unpaired) electrons. The SMILES string of the molecule is CN(CC(=O)N(CC1CCCO1)C1CCS(=O)(=O)C1)Cc1ccccc1C(F)(F)F. The summed E-state index contributed by atoms with van der Waals surface area (Å²) in [4.78, 5) is 16.1. The Morgan fingerprint density at radius 2 is 1.97 bits per heavy atom. The number of likely N-dealkylation sites (N-methyl/N-ethyl adjacent to an activating group) is 1. The van der Waals surface area contributed by atoms with Gasteiger partial charge in [-0.25, -0.2) is 8.42 Å². The van der Waals surface area contributed by atoms with E-state index in [2.05, 4.69) is 0 Å². The smallest absolute Gasteiger partial charge is 0.376 e. The van der Waals surface area contributed by atoms with Gasteiger partial charge in [0.2, 0.25) is 5.91 Å². The monoisotopic (exact) mass is 448 g/mol. The van der Waals surface area contributed by atoms with Gasteiger partial charge in [-0.15, -0.1) is 0 Å². The Hall–Kier alpha value is -1.65. The molecule has 0 aliphatic carbocycles. The van der Waals surface area contributed by atoms with Gasteiger partial charge in [-0.2, -0.15) is 13.2 Å². The lowest BCUT2D eigenvalue weighted by atomic mass is 10.1. The van der Waals surface area contributed by atoms with Gasteiger partial charge in [0.05, 0.1) is 29.7 Å². The fourth-order valence-corrected chi connectivity index (χ4v) is 5.82. The van der Waals surface area contributed by atoms with Crippen LogP contribution in [0.25, 0.3) is 0 Å². The summed E-state index contributed by atoms with van der Waals surface area (Å²) >= 11 is 0. The molecular weight excluding hydrogens is 421 g/mol. The van der Waals surface area contributed by atoms with E-state index in [0.29, 0.717) is 19.6 Å². The molecule has 0 aromatic heterocycles. The van der Waals surface area contributed by atoms with Crippen LogP contribution in [-0.2, 0) is 32.1 Å². The number of benzene rings is 1. The first kappa shape index (κ1) is 23.0. The average molecular weight is 449 g/mol. The molecule has 2 heterocycles. The molecule has 0 bridgehead atoms. The molecule has 2 saturated heterocycles. The predicted molar refractivity (Wildman–Crippen MR) is 106 cm³/mol. The van der Waals surface area contributed by atoms with Gasteiger partial charge in [-0.05, 0) is 37.9 Å². The zero-order valence-electron chi connectivity index (χ0n) is 16.9. The number of halogens is 3. The predicted octanol–water partition coefficient (Wildman–Crippen LogP) is 2.33. The van der Waals surface area contributed by atoms with E-state index in [9.17, 15) is 26.4 Å². The topological polar surface area (TPSA) is 66.9 Å². The minimum atomic E-state index is -4.47. The summed E-state index contributed by atoms with van der Waals surface area (Å²) in [5.74, 6) is -0.326. The zero-order valence-corrected chi connectivity index (χ0v) is 17.7. The third-order valence-electron chi connectivity index (χ3n) is 5.56. The van der Waals surface area contributed by atoms with E-state index >= 15 is 0 Å². The molecule has 2 fully saturated rings. The second kappa shape index (κ2) is 9.23. The lowest BCUT2D eigenvalue weighted by Gasteiger charge is -2.32. The van der Waals surface area contributed by atoms with Gasteiger partial charge in [0, 0.05) is 25.7 Å². The molecule has 0 spiro atoms. The molecule has 30 heavy (non-hydrogen) atoms. The summed E-state index contributed by atoms with van der Waals surface area (Å²) < 4.78 is 69.1. The minimum absolute atomic E-state index is 0.0434. The Morgan fingerprint density at radius 3 is 2.57 bits per heavy atom. The molecule has 3 rings (SSSR count). The number of carbonyl (C=O) groups is 1. The third-order valence-corrected chi connectivity index (χ3v) is 7.31. The Kier molecular flexibility index (Phi) is 7.09. The van der Waals surface area contributed by atoms with Gasteiger partial charge in [-0.1, -0.05) is 18.2 Å². The third kappa shape index (κ3) is 5.95. The first-order chi connectivity index (χ1) is 14.0. The van der Waals surface area contributed by atoms with E-state index in [1.165, 1.54) is 23.1 Å². The van der Waals surface area contributed by atoms with Crippen LogP contribution in [0.4, 0.5) is 13.2 Å². The normalized spacial score (nSPS) is 23.8. The van der Waals surface area contributed by atoms with Crippen molar-refractivity contribution in [3.8, 4) is 0 Å². The maximum Gasteiger partial charge on any atom is 0.416 e. The molecule has 1 amide bonds. The van der Waals surface area contributed by atoms with Gasteiger partial charge >= 0.3 is 6.18 Å². The minimum Gasteiger partial charge on any atom is -0.376 e. The highest BCUT2D eigenvalue weighted by Gasteiger charge is 2.37. The molecule has 2 unspecified atom stereocenters. The quantitative estimate of drug-likeness (QED) is 0.641. The van der Waals surface area contributed by atoms with Crippen LogP contribution in [0.5, 0.6) is 0 Å². The van der Waals surface area contributed by atoms with Crippen LogP contribution in [0.1, 0.15) is 30.4 Å². The molecule has 10 heteroatoms. The van der Waals surface area contributed by atoms with E-state index in [1.807, 2.05) is 0 Å². The zero-order chi connectivity index (χ0) is 21.9. The summed E-state index contributed by atoms with van der Waals surface area (Å²) in [6.45, 7) is 0.781. The number of nitrogens with zero attached hydrogens (tertiary/aromatic N) is 2.